The van der Waals surface area contributed by atoms with E-state index in [0.29, 0.717) is 47.9 Å². The normalized spacial score (nSPS) is 20.9. The molecule has 1 saturated heterocycles. The van der Waals surface area contributed by atoms with Gasteiger partial charge in [-0.2, -0.15) is 8.42 Å². The van der Waals surface area contributed by atoms with Crippen molar-refractivity contribution >= 4 is 38.3 Å². The number of nitrogens with zero attached hydrogens (tertiary/aromatic N) is 2. The van der Waals surface area contributed by atoms with Crippen LogP contribution in [0.25, 0.3) is 4.91 Å². The number of sulfonamides is 1. The Bertz CT molecular complexity index is 915. The molecule has 3 rings (SSSR count). The lowest BCUT2D eigenvalue weighted by Crippen LogP contribution is -2.44. The van der Waals surface area contributed by atoms with Crippen molar-refractivity contribution in [1.82, 2.24) is 10.2 Å². The second-order valence-corrected chi connectivity index (χ2v) is 9.41. The predicted molar refractivity (Wildman–Crippen MR) is 113 cm³/mol. The standard InChI is InChI=1S/C20H26ClN3O3S/c1-4-13(2)22-20(25)16-9-11-24(12-10-16)19-14(3)18(28(26,27)23-19)15-5-7-17(21)8-6-15/h5-8,13,16H,4,9-12H2,1-3H3,(H,22,25). The summed E-state index contributed by atoms with van der Waals surface area (Å²) in [4.78, 5) is 14.6. The summed E-state index contributed by atoms with van der Waals surface area (Å²) in [6, 6.07) is 6.91. The minimum Gasteiger partial charge on any atom is -0.356 e. The number of amidine groups is 1. The Labute approximate surface area is 171 Å². The third-order valence-corrected chi connectivity index (χ3v) is 7.14. The summed E-state index contributed by atoms with van der Waals surface area (Å²) in [5, 5.41) is 3.59. The molecule has 1 atom stereocenters. The summed E-state index contributed by atoms with van der Waals surface area (Å²) in [6.07, 6.45) is 2.27. The SMILES string of the molecule is CCC(C)NC(=O)C1CCN(C2=NS(=O)(=O)C(c3ccc(Cl)cc3)=C2C)CC1. The molecule has 1 aromatic carbocycles. The zero-order chi connectivity index (χ0) is 20.5. The van der Waals surface area contributed by atoms with Crippen LogP contribution in [0.5, 0.6) is 0 Å². The van der Waals surface area contributed by atoms with Crippen LogP contribution in [-0.4, -0.2) is 44.2 Å². The van der Waals surface area contributed by atoms with E-state index in [1.165, 1.54) is 0 Å². The van der Waals surface area contributed by atoms with Gasteiger partial charge in [-0.3, -0.25) is 4.79 Å². The van der Waals surface area contributed by atoms with Gasteiger partial charge in [-0.15, -0.1) is 4.40 Å². The molecule has 8 heteroatoms. The lowest BCUT2D eigenvalue weighted by Gasteiger charge is -2.33. The average Bonchev–Trinajstić information content (AvgIpc) is 2.91. The van der Waals surface area contributed by atoms with E-state index < -0.39 is 10.0 Å². The summed E-state index contributed by atoms with van der Waals surface area (Å²) >= 11 is 5.92. The molecule has 1 aromatic rings. The fraction of sp³-hybridized carbons (Fsp3) is 0.500. The molecule has 1 unspecified atom stereocenters. The molecular formula is C20H26ClN3O3S. The number of halogens is 1. The Morgan fingerprint density at radius 2 is 1.89 bits per heavy atom. The van der Waals surface area contributed by atoms with Gasteiger partial charge in [-0.05, 0) is 50.8 Å². The van der Waals surface area contributed by atoms with E-state index in [9.17, 15) is 13.2 Å². The first-order valence-electron chi connectivity index (χ1n) is 9.60. The highest BCUT2D eigenvalue weighted by Crippen LogP contribution is 2.35. The van der Waals surface area contributed by atoms with Crippen LogP contribution in [0.2, 0.25) is 5.02 Å². The lowest BCUT2D eigenvalue weighted by atomic mass is 9.95. The van der Waals surface area contributed by atoms with Gasteiger partial charge in [0.25, 0.3) is 10.0 Å². The van der Waals surface area contributed by atoms with Crippen LogP contribution >= 0.6 is 11.6 Å². The summed E-state index contributed by atoms with van der Waals surface area (Å²) in [5.74, 6) is 0.540. The quantitative estimate of drug-likeness (QED) is 0.804. The molecule has 152 valence electrons. The van der Waals surface area contributed by atoms with E-state index >= 15 is 0 Å². The summed E-state index contributed by atoms with van der Waals surface area (Å²) in [7, 11) is -3.75. The Kier molecular flexibility index (Phi) is 6.15. The first-order valence-corrected chi connectivity index (χ1v) is 11.4. The number of carbonyl (C=O) groups is 1. The van der Waals surface area contributed by atoms with Gasteiger partial charge in [0.2, 0.25) is 5.91 Å². The molecule has 2 aliphatic heterocycles. The zero-order valence-electron chi connectivity index (χ0n) is 16.4. The van der Waals surface area contributed by atoms with Crippen molar-refractivity contribution in [1.29, 1.82) is 0 Å². The number of piperidine rings is 1. The zero-order valence-corrected chi connectivity index (χ0v) is 18.0. The van der Waals surface area contributed by atoms with Crippen LogP contribution in [0.1, 0.15) is 45.6 Å². The summed E-state index contributed by atoms with van der Waals surface area (Å²) < 4.78 is 29.4. The third kappa shape index (κ3) is 4.25. The Morgan fingerprint density at radius 1 is 1.29 bits per heavy atom. The maximum atomic E-state index is 12.7. The predicted octanol–water partition coefficient (Wildman–Crippen LogP) is 3.44. The number of carbonyl (C=O) groups excluding carboxylic acids is 1. The lowest BCUT2D eigenvalue weighted by molar-refractivity contribution is -0.126. The fourth-order valence-corrected chi connectivity index (χ4v) is 5.21. The van der Waals surface area contributed by atoms with E-state index in [4.69, 9.17) is 11.6 Å². The fourth-order valence-electron chi connectivity index (χ4n) is 3.60. The highest BCUT2D eigenvalue weighted by Gasteiger charge is 2.35. The topological polar surface area (TPSA) is 78.8 Å². The highest BCUT2D eigenvalue weighted by atomic mass is 35.5. The molecule has 28 heavy (non-hydrogen) atoms. The molecule has 2 heterocycles. The van der Waals surface area contributed by atoms with Gasteiger partial charge in [0, 0.05) is 35.6 Å². The number of rotatable bonds is 4. The van der Waals surface area contributed by atoms with Crippen molar-refractivity contribution < 1.29 is 13.2 Å². The first-order chi connectivity index (χ1) is 13.2. The molecule has 1 N–H and O–H groups in total. The van der Waals surface area contributed by atoms with E-state index in [1.54, 1.807) is 31.2 Å². The maximum absolute atomic E-state index is 12.7. The van der Waals surface area contributed by atoms with Crippen molar-refractivity contribution in [2.75, 3.05) is 13.1 Å². The number of amides is 1. The van der Waals surface area contributed by atoms with Gasteiger partial charge in [-0.1, -0.05) is 30.7 Å². The first kappa shape index (κ1) is 20.9. The van der Waals surface area contributed by atoms with Gasteiger partial charge in [-0.25, -0.2) is 0 Å². The van der Waals surface area contributed by atoms with Crippen LogP contribution in [0.15, 0.2) is 34.2 Å². The average molecular weight is 424 g/mol. The van der Waals surface area contributed by atoms with Crippen LogP contribution in [0.3, 0.4) is 0 Å². The Hall–Kier alpha value is -1.86. The van der Waals surface area contributed by atoms with Crippen molar-refractivity contribution in [2.45, 2.75) is 46.1 Å². The Balaban J connectivity index is 1.75. The minimum atomic E-state index is -3.75. The van der Waals surface area contributed by atoms with Crippen molar-refractivity contribution in [3.05, 3.63) is 40.4 Å². The van der Waals surface area contributed by atoms with Gasteiger partial charge in [0.05, 0.1) is 0 Å². The third-order valence-electron chi connectivity index (χ3n) is 5.41. The van der Waals surface area contributed by atoms with Crippen molar-refractivity contribution in [2.24, 2.45) is 10.3 Å². The summed E-state index contributed by atoms with van der Waals surface area (Å²) in [5.41, 5.74) is 1.23. The maximum Gasteiger partial charge on any atom is 0.285 e. The van der Waals surface area contributed by atoms with Crippen LogP contribution < -0.4 is 5.32 Å². The largest absolute Gasteiger partial charge is 0.356 e. The highest BCUT2D eigenvalue weighted by molar-refractivity contribution is 8.00. The van der Waals surface area contributed by atoms with Crippen molar-refractivity contribution in [3.8, 4) is 0 Å². The molecular weight excluding hydrogens is 398 g/mol. The molecule has 2 aliphatic rings. The molecule has 0 spiro atoms. The molecule has 0 saturated carbocycles. The van der Waals surface area contributed by atoms with E-state index in [1.807, 2.05) is 18.7 Å². The summed E-state index contributed by atoms with van der Waals surface area (Å²) in [6.45, 7) is 7.04. The molecule has 0 aromatic heterocycles. The van der Waals surface area contributed by atoms with Gasteiger partial charge in [0.15, 0.2) is 0 Å². The number of nitrogens with one attached hydrogen (secondary N) is 1. The molecule has 6 nitrogen and oxygen atoms in total. The Morgan fingerprint density at radius 3 is 2.46 bits per heavy atom. The minimum absolute atomic E-state index is 0.0381. The number of hydrogen-bond acceptors (Lipinski definition) is 4. The van der Waals surface area contributed by atoms with Crippen LogP contribution in [0.4, 0.5) is 0 Å². The van der Waals surface area contributed by atoms with Crippen LogP contribution in [0, 0.1) is 5.92 Å². The van der Waals surface area contributed by atoms with Crippen LogP contribution in [-0.2, 0) is 14.8 Å². The second kappa shape index (κ2) is 8.25. The number of benzene rings is 1. The van der Waals surface area contributed by atoms with Gasteiger partial charge >= 0.3 is 0 Å². The van der Waals surface area contributed by atoms with Gasteiger partial charge < -0.3 is 10.2 Å². The molecule has 1 amide bonds. The molecule has 0 radical (unpaired) electrons. The van der Waals surface area contributed by atoms with E-state index in [2.05, 4.69) is 9.71 Å². The van der Waals surface area contributed by atoms with E-state index in [0.717, 1.165) is 6.42 Å². The molecule has 1 fully saturated rings. The smallest absolute Gasteiger partial charge is 0.285 e. The van der Waals surface area contributed by atoms with Crippen molar-refractivity contribution in [3.63, 3.8) is 0 Å². The van der Waals surface area contributed by atoms with E-state index in [-0.39, 0.29) is 22.8 Å². The molecule has 0 bridgehead atoms. The number of likely N-dealkylation sites (tertiary alicyclic amines) is 1. The molecule has 0 aliphatic carbocycles. The van der Waals surface area contributed by atoms with Gasteiger partial charge in [0.1, 0.15) is 10.7 Å². The second-order valence-electron chi connectivity index (χ2n) is 7.43. The number of hydrogen-bond donors (Lipinski definition) is 1. The monoisotopic (exact) mass is 423 g/mol.